The van der Waals surface area contributed by atoms with Gasteiger partial charge in [0.2, 0.25) is 0 Å². The van der Waals surface area contributed by atoms with Crippen LogP contribution in [0.3, 0.4) is 0 Å². The van der Waals surface area contributed by atoms with E-state index >= 15 is 0 Å². The maximum Gasteiger partial charge on any atom is 0.253 e. The van der Waals surface area contributed by atoms with Gasteiger partial charge in [-0.2, -0.15) is 0 Å². The first-order chi connectivity index (χ1) is 11.5. The molecule has 0 saturated heterocycles. The Bertz CT molecular complexity index is 786. The van der Waals surface area contributed by atoms with E-state index in [2.05, 4.69) is 36.8 Å². The molecule has 0 unspecified atom stereocenters. The van der Waals surface area contributed by atoms with Crippen molar-refractivity contribution in [3.05, 3.63) is 29.5 Å². The Hall–Kier alpha value is -1.71. The Morgan fingerprint density at radius 1 is 1.29 bits per heavy atom. The number of amides is 1. The lowest BCUT2D eigenvalue weighted by molar-refractivity contribution is 0.0598. The number of hydrogen-bond donors (Lipinski definition) is 1. The Morgan fingerprint density at radius 3 is 2.62 bits per heavy atom. The predicted molar refractivity (Wildman–Crippen MR) is 102 cm³/mol. The molecule has 126 valence electrons. The molecule has 3 aliphatic carbocycles. The van der Waals surface area contributed by atoms with Crippen molar-refractivity contribution < 1.29 is 4.79 Å². The van der Waals surface area contributed by atoms with E-state index in [9.17, 15) is 4.79 Å². The summed E-state index contributed by atoms with van der Waals surface area (Å²) in [5.41, 5.74) is 4.78. The number of nitrogens with zero attached hydrogens (tertiary/aromatic N) is 1. The molecule has 3 nitrogen and oxygen atoms in total. The number of benzene rings is 1. The van der Waals surface area contributed by atoms with E-state index in [-0.39, 0.29) is 5.91 Å². The molecule has 4 heteroatoms. The topological polar surface area (TPSA) is 34.0 Å². The highest BCUT2D eigenvalue weighted by molar-refractivity contribution is 6.33. The SMILES string of the molecule is Bc1cc(C)c2c(C(=O)NCC34CCC(CC3)CC4)cn(C)c2c1. The molecule has 0 radical (unpaired) electrons. The number of hydrogen-bond acceptors (Lipinski definition) is 1. The van der Waals surface area contributed by atoms with Gasteiger partial charge in [-0.05, 0) is 68.4 Å². The average molecular weight is 322 g/mol. The molecule has 1 heterocycles. The number of fused-ring (bicyclic) bond motifs is 4. The predicted octanol–water partition coefficient (Wildman–Crippen LogP) is 2.45. The van der Waals surface area contributed by atoms with Crippen molar-refractivity contribution >= 4 is 30.1 Å². The van der Waals surface area contributed by atoms with E-state index < -0.39 is 0 Å². The van der Waals surface area contributed by atoms with E-state index in [4.69, 9.17) is 0 Å². The largest absolute Gasteiger partial charge is 0.351 e. The number of aromatic nitrogens is 1. The minimum Gasteiger partial charge on any atom is -0.351 e. The van der Waals surface area contributed by atoms with Crippen LogP contribution in [-0.2, 0) is 7.05 Å². The molecule has 1 N–H and O–H groups in total. The Labute approximate surface area is 145 Å². The van der Waals surface area contributed by atoms with Gasteiger partial charge >= 0.3 is 0 Å². The minimum absolute atomic E-state index is 0.0922. The molecule has 1 amide bonds. The zero-order chi connectivity index (χ0) is 16.9. The van der Waals surface area contributed by atoms with Gasteiger partial charge in [0.05, 0.1) is 5.56 Å². The van der Waals surface area contributed by atoms with E-state index in [0.29, 0.717) is 5.41 Å². The molecular weight excluding hydrogens is 295 g/mol. The number of nitrogens with one attached hydrogen (secondary N) is 1. The number of carbonyl (C=O) groups is 1. The van der Waals surface area contributed by atoms with Crippen LogP contribution in [0, 0.1) is 18.3 Å². The van der Waals surface area contributed by atoms with Crippen LogP contribution in [0.1, 0.15) is 54.4 Å². The van der Waals surface area contributed by atoms with Crippen LogP contribution < -0.4 is 10.8 Å². The van der Waals surface area contributed by atoms with E-state index in [1.807, 2.05) is 13.2 Å². The van der Waals surface area contributed by atoms with Crippen LogP contribution in [0.4, 0.5) is 0 Å². The summed E-state index contributed by atoms with van der Waals surface area (Å²) in [4.78, 5) is 12.9. The average Bonchev–Trinajstić information content (AvgIpc) is 2.92. The van der Waals surface area contributed by atoms with Gasteiger partial charge in [0.25, 0.3) is 5.91 Å². The second kappa shape index (κ2) is 5.68. The van der Waals surface area contributed by atoms with Crippen molar-refractivity contribution in [1.29, 1.82) is 0 Å². The third kappa shape index (κ3) is 2.56. The number of rotatable bonds is 3. The maximum atomic E-state index is 12.9. The van der Waals surface area contributed by atoms with Crippen LogP contribution in [0.25, 0.3) is 10.9 Å². The molecule has 3 aliphatic rings. The van der Waals surface area contributed by atoms with Gasteiger partial charge in [-0.1, -0.05) is 11.5 Å². The zero-order valence-corrected chi connectivity index (χ0v) is 15.1. The molecule has 3 fully saturated rings. The van der Waals surface area contributed by atoms with Gasteiger partial charge in [-0.3, -0.25) is 4.79 Å². The number of carbonyl (C=O) groups excluding carboxylic acids is 1. The lowest BCUT2D eigenvalue weighted by atomic mass is 9.61. The summed E-state index contributed by atoms with van der Waals surface area (Å²) in [5, 5.41) is 4.38. The molecule has 2 bridgehead atoms. The van der Waals surface area contributed by atoms with Crippen LogP contribution in [-0.4, -0.2) is 24.9 Å². The lowest BCUT2D eigenvalue weighted by Crippen LogP contribution is -2.43. The van der Waals surface area contributed by atoms with Crippen molar-refractivity contribution in [2.45, 2.75) is 45.4 Å². The summed E-state index contributed by atoms with van der Waals surface area (Å²) in [6.45, 7) is 2.95. The smallest absolute Gasteiger partial charge is 0.253 e. The van der Waals surface area contributed by atoms with Crippen molar-refractivity contribution in [3.8, 4) is 0 Å². The summed E-state index contributed by atoms with van der Waals surface area (Å²) >= 11 is 0. The summed E-state index contributed by atoms with van der Waals surface area (Å²) in [6.07, 6.45) is 9.97. The molecule has 3 saturated carbocycles. The molecule has 5 rings (SSSR count). The second-order valence-corrected chi connectivity index (χ2v) is 8.29. The quantitative estimate of drug-likeness (QED) is 0.866. The highest BCUT2D eigenvalue weighted by Gasteiger charge is 2.40. The third-order valence-corrected chi connectivity index (χ3v) is 6.55. The summed E-state index contributed by atoms with van der Waals surface area (Å²) < 4.78 is 2.08. The molecule has 2 aromatic rings. The molecule has 1 aromatic heterocycles. The Balaban J connectivity index is 1.58. The Kier molecular flexibility index (Phi) is 3.74. The first kappa shape index (κ1) is 15.8. The molecule has 0 aliphatic heterocycles. The monoisotopic (exact) mass is 322 g/mol. The molecular formula is C20H27BN2O. The van der Waals surface area contributed by atoms with Crippen LogP contribution in [0.15, 0.2) is 18.3 Å². The maximum absolute atomic E-state index is 12.9. The highest BCUT2D eigenvalue weighted by Crippen LogP contribution is 2.49. The summed E-state index contributed by atoms with van der Waals surface area (Å²) in [5.74, 6) is 1.06. The third-order valence-electron chi connectivity index (χ3n) is 6.55. The fourth-order valence-electron chi connectivity index (χ4n) is 5.04. The van der Waals surface area contributed by atoms with Crippen molar-refractivity contribution in [2.24, 2.45) is 18.4 Å². The standard InChI is InChI=1S/C20H27BN2O/c1-13-9-15(21)10-17-18(13)16(11-23(17)2)19(24)22-12-20-6-3-14(4-7-20)5-8-20/h9-11,14H,3-8,12,21H2,1-2H3,(H,22,24). The van der Waals surface area contributed by atoms with Crippen molar-refractivity contribution in [2.75, 3.05) is 6.54 Å². The minimum atomic E-state index is 0.0922. The van der Waals surface area contributed by atoms with Gasteiger partial charge in [0.15, 0.2) is 0 Å². The Morgan fingerprint density at radius 2 is 1.96 bits per heavy atom. The summed E-state index contributed by atoms with van der Waals surface area (Å²) in [7, 11) is 4.14. The van der Waals surface area contributed by atoms with Crippen LogP contribution in [0.5, 0.6) is 0 Å². The fraction of sp³-hybridized carbons (Fsp3) is 0.550. The van der Waals surface area contributed by atoms with E-state index in [1.54, 1.807) is 0 Å². The van der Waals surface area contributed by atoms with Gasteiger partial charge in [-0.15, -0.1) is 0 Å². The molecule has 0 spiro atoms. The first-order valence-electron chi connectivity index (χ1n) is 9.32. The highest BCUT2D eigenvalue weighted by atomic mass is 16.1. The molecule has 1 aromatic carbocycles. The second-order valence-electron chi connectivity index (χ2n) is 8.29. The van der Waals surface area contributed by atoms with Crippen LogP contribution >= 0.6 is 0 Å². The zero-order valence-electron chi connectivity index (χ0n) is 15.1. The van der Waals surface area contributed by atoms with Gasteiger partial charge in [0, 0.05) is 30.7 Å². The van der Waals surface area contributed by atoms with Gasteiger partial charge < -0.3 is 9.88 Å². The van der Waals surface area contributed by atoms with E-state index in [1.165, 1.54) is 49.6 Å². The molecule has 0 atom stereocenters. The van der Waals surface area contributed by atoms with Gasteiger partial charge in [-0.25, -0.2) is 0 Å². The van der Waals surface area contributed by atoms with E-state index in [0.717, 1.165) is 28.9 Å². The summed E-state index contributed by atoms with van der Waals surface area (Å²) in [6, 6.07) is 4.33. The van der Waals surface area contributed by atoms with Gasteiger partial charge in [0.1, 0.15) is 7.85 Å². The normalized spacial score (nSPS) is 26.0. The molecule has 24 heavy (non-hydrogen) atoms. The fourth-order valence-corrected chi connectivity index (χ4v) is 5.04. The lowest BCUT2D eigenvalue weighted by Gasteiger charge is -2.46. The van der Waals surface area contributed by atoms with Crippen LogP contribution in [0.2, 0.25) is 0 Å². The number of aryl methyl sites for hydroxylation is 2. The first-order valence-corrected chi connectivity index (χ1v) is 9.32. The van der Waals surface area contributed by atoms with Crippen molar-refractivity contribution in [1.82, 2.24) is 9.88 Å². The van der Waals surface area contributed by atoms with Crippen molar-refractivity contribution in [3.63, 3.8) is 0 Å².